The number of rotatable bonds is 5. The van der Waals surface area contributed by atoms with Crippen LogP contribution in [0.15, 0.2) is 12.2 Å². The fourth-order valence-corrected chi connectivity index (χ4v) is 2.44. The standard InChI is InChI=1S/C14H22O3/c15-14(9-8-13-7-4-10-16-13)17-11-12-5-2-1-3-6-12/h1-2,12-13H,3-11H2/t12-,13+/m1/s1. The predicted molar refractivity (Wildman–Crippen MR) is 65.6 cm³/mol. The molecule has 0 aromatic heterocycles. The van der Waals surface area contributed by atoms with Crippen LogP contribution in [0.4, 0.5) is 0 Å². The summed E-state index contributed by atoms with van der Waals surface area (Å²) in [5.74, 6) is 0.474. The van der Waals surface area contributed by atoms with E-state index in [2.05, 4.69) is 12.2 Å². The van der Waals surface area contributed by atoms with E-state index in [-0.39, 0.29) is 5.97 Å². The van der Waals surface area contributed by atoms with E-state index >= 15 is 0 Å². The zero-order chi connectivity index (χ0) is 11.9. The van der Waals surface area contributed by atoms with Crippen LogP contribution in [0.3, 0.4) is 0 Å². The van der Waals surface area contributed by atoms with Crippen molar-refractivity contribution in [2.75, 3.05) is 13.2 Å². The molecule has 2 atom stereocenters. The van der Waals surface area contributed by atoms with Crippen molar-refractivity contribution in [1.29, 1.82) is 0 Å². The minimum Gasteiger partial charge on any atom is -0.465 e. The first-order valence-corrected chi connectivity index (χ1v) is 6.77. The summed E-state index contributed by atoms with van der Waals surface area (Å²) in [7, 11) is 0. The number of carbonyl (C=O) groups is 1. The molecule has 1 aliphatic carbocycles. The highest BCUT2D eigenvalue weighted by Gasteiger charge is 2.18. The molecule has 3 nitrogen and oxygen atoms in total. The highest BCUT2D eigenvalue weighted by atomic mass is 16.5. The molecule has 17 heavy (non-hydrogen) atoms. The first-order chi connectivity index (χ1) is 8.34. The molecule has 0 N–H and O–H groups in total. The van der Waals surface area contributed by atoms with Gasteiger partial charge in [-0.15, -0.1) is 0 Å². The van der Waals surface area contributed by atoms with E-state index in [0.29, 0.717) is 25.0 Å². The van der Waals surface area contributed by atoms with Crippen molar-refractivity contribution in [2.24, 2.45) is 5.92 Å². The summed E-state index contributed by atoms with van der Waals surface area (Å²) >= 11 is 0. The van der Waals surface area contributed by atoms with Crippen molar-refractivity contribution in [3.63, 3.8) is 0 Å². The van der Waals surface area contributed by atoms with Crippen molar-refractivity contribution in [2.45, 2.75) is 51.0 Å². The Balaban J connectivity index is 1.55. The maximum atomic E-state index is 11.5. The van der Waals surface area contributed by atoms with E-state index in [9.17, 15) is 4.79 Å². The van der Waals surface area contributed by atoms with Gasteiger partial charge < -0.3 is 9.47 Å². The topological polar surface area (TPSA) is 35.5 Å². The maximum Gasteiger partial charge on any atom is 0.305 e. The van der Waals surface area contributed by atoms with Crippen LogP contribution in [0.25, 0.3) is 0 Å². The Kier molecular flexibility index (Phi) is 5.05. The van der Waals surface area contributed by atoms with E-state index in [1.54, 1.807) is 0 Å². The third-order valence-electron chi connectivity index (χ3n) is 3.55. The molecule has 0 amide bonds. The van der Waals surface area contributed by atoms with Gasteiger partial charge in [0.1, 0.15) is 0 Å². The van der Waals surface area contributed by atoms with Crippen LogP contribution >= 0.6 is 0 Å². The molecule has 1 heterocycles. The molecule has 0 radical (unpaired) electrons. The molecular formula is C14H22O3. The fourth-order valence-electron chi connectivity index (χ4n) is 2.44. The van der Waals surface area contributed by atoms with Gasteiger partial charge in [-0.2, -0.15) is 0 Å². The molecule has 2 rings (SSSR count). The molecule has 0 aromatic carbocycles. The molecule has 96 valence electrons. The van der Waals surface area contributed by atoms with Crippen LogP contribution in [0, 0.1) is 5.92 Å². The van der Waals surface area contributed by atoms with Crippen LogP contribution in [0.5, 0.6) is 0 Å². The normalized spacial score (nSPS) is 28.2. The largest absolute Gasteiger partial charge is 0.465 e. The summed E-state index contributed by atoms with van der Waals surface area (Å²) in [5, 5.41) is 0. The lowest BCUT2D eigenvalue weighted by molar-refractivity contribution is -0.145. The van der Waals surface area contributed by atoms with Crippen molar-refractivity contribution < 1.29 is 14.3 Å². The van der Waals surface area contributed by atoms with Crippen LogP contribution in [-0.4, -0.2) is 25.3 Å². The minimum atomic E-state index is -0.0601. The molecule has 0 saturated carbocycles. The Bertz CT molecular complexity index is 267. The Morgan fingerprint density at radius 3 is 3.00 bits per heavy atom. The quantitative estimate of drug-likeness (QED) is 0.546. The molecule has 1 fully saturated rings. The van der Waals surface area contributed by atoms with Crippen LogP contribution in [-0.2, 0) is 14.3 Å². The first-order valence-electron chi connectivity index (χ1n) is 6.77. The fraction of sp³-hybridized carbons (Fsp3) is 0.786. The van der Waals surface area contributed by atoms with E-state index in [1.165, 1.54) is 0 Å². The van der Waals surface area contributed by atoms with Crippen molar-refractivity contribution in [3.8, 4) is 0 Å². The molecule has 3 heteroatoms. The van der Waals surface area contributed by atoms with E-state index < -0.39 is 0 Å². The van der Waals surface area contributed by atoms with Gasteiger partial charge in [0.2, 0.25) is 0 Å². The van der Waals surface area contributed by atoms with E-state index in [4.69, 9.17) is 9.47 Å². The molecule has 1 aliphatic heterocycles. The molecule has 2 aliphatic rings. The number of hydrogen-bond donors (Lipinski definition) is 0. The molecule has 0 bridgehead atoms. The second-order valence-corrected chi connectivity index (χ2v) is 5.01. The van der Waals surface area contributed by atoms with Gasteiger partial charge in [0.25, 0.3) is 0 Å². The van der Waals surface area contributed by atoms with Gasteiger partial charge in [-0.3, -0.25) is 4.79 Å². The lowest BCUT2D eigenvalue weighted by Gasteiger charge is -2.17. The lowest BCUT2D eigenvalue weighted by Crippen LogP contribution is -2.16. The molecule has 0 spiro atoms. The number of esters is 1. The Morgan fingerprint density at radius 1 is 1.35 bits per heavy atom. The second kappa shape index (κ2) is 6.80. The zero-order valence-electron chi connectivity index (χ0n) is 10.4. The average molecular weight is 238 g/mol. The molecule has 0 aromatic rings. The molecular weight excluding hydrogens is 216 g/mol. The summed E-state index contributed by atoms with van der Waals surface area (Å²) in [6, 6.07) is 0. The van der Waals surface area contributed by atoms with Gasteiger partial charge in [-0.25, -0.2) is 0 Å². The minimum absolute atomic E-state index is 0.0601. The lowest BCUT2D eigenvalue weighted by atomic mass is 9.95. The Labute approximate surface area is 103 Å². The van der Waals surface area contributed by atoms with Crippen LogP contribution in [0.2, 0.25) is 0 Å². The van der Waals surface area contributed by atoms with Crippen molar-refractivity contribution in [1.82, 2.24) is 0 Å². The van der Waals surface area contributed by atoms with E-state index in [0.717, 1.165) is 45.1 Å². The summed E-state index contributed by atoms with van der Waals surface area (Å²) in [4.78, 5) is 11.5. The first kappa shape index (κ1) is 12.6. The number of carbonyl (C=O) groups excluding carboxylic acids is 1. The van der Waals surface area contributed by atoms with Gasteiger partial charge in [0.05, 0.1) is 12.7 Å². The van der Waals surface area contributed by atoms with Crippen molar-refractivity contribution in [3.05, 3.63) is 12.2 Å². The zero-order valence-corrected chi connectivity index (χ0v) is 10.4. The van der Waals surface area contributed by atoms with Gasteiger partial charge in [0.15, 0.2) is 0 Å². The highest BCUT2D eigenvalue weighted by Crippen LogP contribution is 2.19. The van der Waals surface area contributed by atoms with Gasteiger partial charge in [-0.05, 0) is 44.4 Å². The predicted octanol–water partition coefficient (Wildman–Crippen LogP) is 2.85. The third-order valence-corrected chi connectivity index (χ3v) is 3.55. The monoisotopic (exact) mass is 238 g/mol. The Morgan fingerprint density at radius 2 is 2.29 bits per heavy atom. The molecule has 1 saturated heterocycles. The SMILES string of the molecule is O=C(CC[C@@H]1CCCO1)OC[C@@H]1CC=CCC1. The summed E-state index contributed by atoms with van der Waals surface area (Å²) < 4.78 is 10.8. The number of ether oxygens (including phenoxy) is 2. The van der Waals surface area contributed by atoms with Crippen LogP contribution < -0.4 is 0 Å². The highest BCUT2D eigenvalue weighted by molar-refractivity contribution is 5.69. The van der Waals surface area contributed by atoms with Crippen LogP contribution in [0.1, 0.15) is 44.9 Å². The second-order valence-electron chi connectivity index (χ2n) is 5.01. The maximum absolute atomic E-state index is 11.5. The van der Waals surface area contributed by atoms with E-state index in [1.807, 2.05) is 0 Å². The van der Waals surface area contributed by atoms with Gasteiger partial charge in [0, 0.05) is 13.0 Å². The van der Waals surface area contributed by atoms with Gasteiger partial charge in [-0.1, -0.05) is 12.2 Å². The molecule has 0 unspecified atom stereocenters. The third kappa shape index (κ3) is 4.50. The van der Waals surface area contributed by atoms with Crippen molar-refractivity contribution >= 4 is 5.97 Å². The summed E-state index contributed by atoms with van der Waals surface area (Å²) in [5.41, 5.74) is 0. The van der Waals surface area contributed by atoms with Gasteiger partial charge >= 0.3 is 5.97 Å². The number of allylic oxidation sites excluding steroid dienone is 2. The number of hydrogen-bond acceptors (Lipinski definition) is 3. The summed E-state index contributed by atoms with van der Waals surface area (Å²) in [6.45, 7) is 1.45. The summed E-state index contributed by atoms with van der Waals surface area (Å²) in [6.07, 6.45) is 11.6. The smallest absolute Gasteiger partial charge is 0.305 e. The average Bonchev–Trinajstić information content (AvgIpc) is 2.88. The Hall–Kier alpha value is -0.830.